The van der Waals surface area contributed by atoms with Crippen LogP contribution in [-0.2, 0) is 14.3 Å². The minimum Gasteiger partial charge on any atom is -0.466 e. The average molecular weight is 358 g/mol. The number of hydrogen-bond donors (Lipinski definition) is 0. The summed E-state index contributed by atoms with van der Waals surface area (Å²) in [6.07, 6.45) is 4.78. The lowest BCUT2D eigenvalue weighted by Crippen LogP contribution is -2.43. The molecule has 1 aromatic heterocycles. The van der Waals surface area contributed by atoms with E-state index in [4.69, 9.17) is 4.74 Å². The number of hydrogen-bond acceptors (Lipinski definition) is 4. The SMILES string of the molecule is CCOC(=O)C1CCN(C(=O)[C@H](C)n2cc(Br)cn2)CC1. The van der Waals surface area contributed by atoms with Gasteiger partial charge in [0.2, 0.25) is 5.91 Å². The largest absolute Gasteiger partial charge is 0.466 e. The van der Waals surface area contributed by atoms with Gasteiger partial charge in [-0.2, -0.15) is 5.10 Å². The lowest BCUT2D eigenvalue weighted by Gasteiger charge is -2.32. The summed E-state index contributed by atoms with van der Waals surface area (Å²) in [6, 6.07) is -0.338. The summed E-state index contributed by atoms with van der Waals surface area (Å²) in [5.41, 5.74) is 0. The zero-order chi connectivity index (χ0) is 15.4. The Labute approximate surface area is 132 Å². The predicted octanol–water partition coefficient (Wildman–Crippen LogP) is 2.01. The van der Waals surface area contributed by atoms with Crippen LogP contribution >= 0.6 is 15.9 Å². The van der Waals surface area contributed by atoms with Gasteiger partial charge in [0, 0.05) is 19.3 Å². The van der Waals surface area contributed by atoms with E-state index in [1.807, 2.05) is 6.92 Å². The number of esters is 1. The zero-order valence-electron chi connectivity index (χ0n) is 12.3. The second-order valence-electron chi connectivity index (χ2n) is 5.17. The predicted molar refractivity (Wildman–Crippen MR) is 80.6 cm³/mol. The van der Waals surface area contributed by atoms with E-state index in [-0.39, 0.29) is 23.8 Å². The van der Waals surface area contributed by atoms with E-state index in [1.54, 1.807) is 28.9 Å². The number of carbonyl (C=O) groups is 2. The van der Waals surface area contributed by atoms with Gasteiger partial charge in [-0.05, 0) is 42.6 Å². The van der Waals surface area contributed by atoms with Crippen LogP contribution in [0.3, 0.4) is 0 Å². The molecule has 1 amide bonds. The van der Waals surface area contributed by atoms with E-state index in [0.717, 1.165) is 4.47 Å². The first-order valence-electron chi connectivity index (χ1n) is 7.18. The molecule has 21 heavy (non-hydrogen) atoms. The van der Waals surface area contributed by atoms with Crippen LogP contribution in [0.1, 0.15) is 32.7 Å². The molecule has 7 heteroatoms. The van der Waals surface area contributed by atoms with E-state index in [0.29, 0.717) is 32.5 Å². The first-order valence-corrected chi connectivity index (χ1v) is 7.97. The highest BCUT2D eigenvalue weighted by Gasteiger charge is 2.30. The maximum Gasteiger partial charge on any atom is 0.309 e. The van der Waals surface area contributed by atoms with E-state index in [2.05, 4.69) is 21.0 Å². The molecule has 0 unspecified atom stereocenters. The van der Waals surface area contributed by atoms with Gasteiger partial charge < -0.3 is 9.64 Å². The first kappa shape index (κ1) is 16.0. The molecule has 1 fully saturated rings. The number of piperidine rings is 1. The van der Waals surface area contributed by atoms with Crippen LogP contribution in [0.5, 0.6) is 0 Å². The summed E-state index contributed by atoms with van der Waals surface area (Å²) in [5.74, 6) is -0.190. The van der Waals surface area contributed by atoms with Gasteiger partial charge in [0.15, 0.2) is 0 Å². The van der Waals surface area contributed by atoms with Gasteiger partial charge in [0.1, 0.15) is 6.04 Å². The fourth-order valence-electron chi connectivity index (χ4n) is 2.50. The van der Waals surface area contributed by atoms with Crippen LogP contribution in [0, 0.1) is 5.92 Å². The third-order valence-electron chi connectivity index (χ3n) is 3.75. The summed E-state index contributed by atoms with van der Waals surface area (Å²) < 4.78 is 7.53. The molecule has 1 saturated heterocycles. The third-order valence-corrected chi connectivity index (χ3v) is 4.16. The summed E-state index contributed by atoms with van der Waals surface area (Å²) in [5, 5.41) is 4.15. The van der Waals surface area contributed by atoms with Crippen molar-refractivity contribution in [3.8, 4) is 0 Å². The van der Waals surface area contributed by atoms with Gasteiger partial charge in [-0.15, -0.1) is 0 Å². The Morgan fingerprint density at radius 3 is 2.67 bits per heavy atom. The molecular formula is C14H20BrN3O3. The molecule has 1 atom stereocenters. The van der Waals surface area contributed by atoms with Crippen molar-refractivity contribution in [3.05, 3.63) is 16.9 Å². The number of nitrogens with zero attached hydrogens (tertiary/aromatic N) is 3. The van der Waals surface area contributed by atoms with Crippen molar-refractivity contribution in [3.63, 3.8) is 0 Å². The molecule has 6 nitrogen and oxygen atoms in total. The topological polar surface area (TPSA) is 64.4 Å². The van der Waals surface area contributed by atoms with Crippen molar-refractivity contribution in [2.45, 2.75) is 32.7 Å². The summed E-state index contributed by atoms with van der Waals surface area (Å²) in [4.78, 5) is 25.9. The van der Waals surface area contributed by atoms with Crippen LogP contribution in [-0.4, -0.2) is 46.3 Å². The molecule has 0 N–H and O–H groups in total. The third kappa shape index (κ3) is 3.84. The monoisotopic (exact) mass is 357 g/mol. The summed E-state index contributed by atoms with van der Waals surface area (Å²) >= 11 is 3.32. The second-order valence-corrected chi connectivity index (χ2v) is 6.08. The molecule has 1 aliphatic heterocycles. The standard InChI is InChI=1S/C14H20BrN3O3/c1-3-21-14(20)11-4-6-17(7-5-11)13(19)10(2)18-9-12(15)8-16-18/h8-11H,3-7H2,1-2H3/t10-/m0/s1. The van der Waals surface area contributed by atoms with E-state index >= 15 is 0 Å². The normalized spacial score (nSPS) is 17.6. The minimum atomic E-state index is -0.338. The maximum absolute atomic E-state index is 12.4. The molecule has 0 aliphatic carbocycles. The van der Waals surface area contributed by atoms with Crippen molar-refractivity contribution < 1.29 is 14.3 Å². The Hall–Kier alpha value is -1.37. The Bertz CT molecular complexity index is 509. The molecule has 0 aromatic carbocycles. The van der Waals surface area contributed by atoms with Gasteiger partial charge in [0.05, 0.1) is 23.2 Å². The van der Waals surface area contributed by atoms with Gasteiger partial charge in [-0.3, -0.25) is 14.3 Å². The number of carbonyl (C=O) groups excluding carboxylic acids is 2. The Kier molecular flexibility index (Phi) is 5.39. The van der Waals surface area contributed by atoms with Crippen LogP contribution in [0.25, 0.3) is 0 Å². The zero-order valence-corrected chi connectivity index (χ0v) is 13.9. The van der Waals surface area contributed by atoms with Crippen molar-refractivity contribution in [1.29, 1.82) is 0 Å². The number of amides is 1. The number of ether oxygens (including phenoxy) is 1. The van der Waals surface area contributed by atoms with Gasteiger partial charge in [0.25, 0.3) is 0 Å². The minimum absolute atomic E-state index is 0.0351. The van der Waals surface area contributed by atoms with Crippen LogP contribution in [0.4, 0.5) is 0 Å². The fraction of sp³-hybridized carbons (Fsp3) is 0.643. The van der Waals surface area contributed by atoms with Crippen molar-refractivity contribution in [2.24, 2.45) is 5.92 Å². The molecule has 2 rings (SSSR count). The van der Waals surface area contributed by atoms with Gasteiger partial charge in [-0.25, -0.2) is 0 Å². The smallest absolute Gasteiger partial charge is 0.309 e. The van der Waals surface area contributed by atoms with E-state index in [9.17, 15) is 9.59 Å². The Balaban J connectivity index is 1.89. The summed E-state index contributed by atoms with van der Waals surface area (Å²) in [7, 11) is 0. The van der Waals surface area contributed by atoms with E-state index in [1.165, 1.54) is 0 Å². The Morgan fingerprint density at radius 2 is 2.14 bits per heavy atom. The van der Waals surface area contributed by atoms with Gasteiger partial charge in [-0.1, -0.05) is 0 Å². The Morgan fingerprint density at radius 1 is 1.48 bits per heavy atom. The number of rotatable bonds is 4. The number of aromatic nitrogens is 2. The highest BCUT2D eigenvalue weighted by molar-refractivity contribution is 9.10. The molecule has 1 aromatic rings. The van der Waals surface area contributed by atoms with E-state index < -0.39 is 0 Å². The first-order chi connectivity index (χ1) is 10.0. The average Bonchev–Trinajstić information content (AvgIpc) is 2.92. The molecule has 2 heterocycles. The molecule has 0 bridgehead atoms. The molecule has 116 valence electrons. The molecule has 0 spiro atoms. The van der Waals surface area contributed by atoms with Crippen LogP contribution in [0.15, 0.2) is 16.9 Å². The van der Waals surface area contributed by atoms with Gasteiger partial charge >= 0.3 is 5.97 Å². The lowest BCUT2D eigenvalue weighted by molar-refractivity contribution is -0.151. The fourth-order valence-corrected chi connectivity index (χ4v) is 2.80. The molecule has 0 saturated carbocycles. The lowest BCUT2D eigenvalue weighted by atomic mass is 9.96. The number of halogens is 1. The highest BCUT2D eigenvalue weighted by Crippen LogP contribution is 2.21. The highest BCUT2D eigenvalue weighted by atomic mass is 79.9. The molecule has 1 aliphatic rings. The number of likely N-dealkylation sites (tertiary alicyclic amines) is 1. The second kappa shape index (κ2) is 7.06. The maximum atomic E-state index is 12.4. The summed E-state index contributed by atoms with van der Waals surface area (Å²) in [6.45, 7) is 5.23. The molecular weight excluding hydrogens is 338 g/mol. The molecule has 0 radical (unpaired) electrons. The quantitative estimate of drug-likeness (QED) is 0.773. The van der Waals surface area contributed by atoms with Crippen LogP contribution in [0.2, 0.25) is 0 Å². The van der Waals surface area contributed by atoms with Crippen molar-refractivity contribution in [1.82, 2.24) is 14.7 Å². The van der Waals surface area contributed by atoms with Crippen molar-refractivity contribution >= 4 is 27.8 Å². The van der Waals surface area contributed by atoms with Crippen LogP contribution < -0.4 is 0 Å². The van der Waals surface area contributed by atoms with Crippen molar-refractivity contribution in [2.75, 3.05) is 19.7 Å².